The molecule has 0 bridgehead atoms. The van der Waals surface area contributed by atoms with E-state index in [4.69, 9.17) is 0 Å². The van der Waals surface area contributed by atoms with Gasteiger partial charge in [0.1, 0.15) is 11.8 Å². The highest BCUT2D eigenvalue weighted by atomic mass is 16.2. The van der Waals surface area contributed by atoms with Crippen molar-refractivity contribution in [3.63, 3.8) is 0 Å². The molecule has 2 aliphatic heterocycles. The van der Waals surface area contributed by atoms with E-state index in [-0.39, 0.29) is 25.9 Å². The molecule has 2 saturated heterocycles. The zero-order valence-corrected chi connectivity index (χ0v) is 21.4. The summed E-state index contributed by atoms with van der Waals surface area (Å²) in [6.07, 6.45) is 0.314. The van der Waals surface area contributed by atoms with Crippen molar-refractivity contribution in [2.24, 2.45) is 11.8 Å². The molecule has 2 aliphatic rings. The number of carbonyl (C=O) groups excluding carboxylic acids is 6. The first-order valence-electron chi connectivity index (χ1n) is 12.8. The maximum absolute atomic E-state index is 13.2. The quantitative estimate of drug-likeness (QED) is 0.424. The fourth-order valence-electron chi connectivity index (χ4n) is 4.87. The molecule has 2 fully saturated rings. The number of imide groups is 4. The highest BCUT2D eigenvalue weighted by molar-refractivity contribution is 6.17. The van der Waals surface area contributed by atoms with E-state index in [1.807, 2.05) is 36.4 Å². The number of benzene rings is 3. The molecule has 0 aromatic heterocycles. The van der Waals surface area contributed by atoms with Gasteiger partial charge in [-0.2, -0.15) is 0 Å². The van der Waals surface area contributed by atoms with Crippen LogP contribution in [0.4, 0.5) is 9.59 Å². The predicted molar refractivity (Wildman–Crippen MR) is 142 cm³/mol. The van der Waals surface area contributed by atoms with Crippen molar-refractivity contribution in [1.29, 1.82) is 0 Å². The number of carbonyl (C=O) groups is 6. The summed E-state index contributed by atoms with van der Waals surface area (Å²) >= 11 is 0. The third-order valence-corrected chi connectivity index (χ3v) is 6.95. The van der Waals surface area contributed by atoms with Crippen LogP contribution in [0.15, 0.2) is 84.9 Å². The lowest BCUT2D eigenvalue weighted by molar-refractivity contribution is -0.144. The number of urea groups is 2. The summed E-state index contributed by atoms with van der Waals surface area (Å²) in [6, 6.07) is 23.3. The van der Waals surface area contributed by atoms with Crippen molar-refractivity contribution < 1.29 is 28.8 Å². The van der Waals surface area contributed by atoms with E-state index in [1.165, 1.54) is 0 Å². The van der Waals surface area contributed by atoms with Crippen LogP contribution in [0, 0.1) is 11.8 Å². The molecule has 3 aromatic rings. The molecular weight excluding hydrogens is 512 g/mol. The normalized spacial score (nSPS) is 19.5. The summed E-state index contributed by atoms with van der Waals surface area (Å²) in [6.45, 7) is -0.210. The van der Waals surface area contributed by atoms with Crippen LogP contribution in [-0.2, 0) is 45.1 Å². The Morgan fingerprint density at radius 3 is 1.27 bits per heavy atom. The molecule has 2 unspecified atom stereocenters. The molecule has 5 rings (SSSR count). The number of amides is 8. The molecule has 0 aliphatic carbocycles. The van der Waals surface area contributed by atoms with E-state index in [0.29, 0.717) is 11.1 Å². The molecule has 202 valence electrons. The van der Waals surface area contributed by atoms with Gasteiger partial charge in [-0.3, -0.25) is 39.6 Å². The van der Waals surface area contributed by atoms with Gasteiger partial charge in [-0.1, -0.05) is 84.9 Å². The van der Waals surface area contributed by atoms with Crippen LogP contribution >= 0.6 is 0 Å². The fraction of sp³-hybridized carbons (Fsp3) is 0.200. The predicted octanol–water partition coefficient (Wildman–Crippen LogP) is 2.56. The van der Waals surface area contributed by atoms with Gasteiger partial charge >= 0.3 is 12.1 Å². The number of hydrogen-bond donors (Lipinski definition) is 2. The van der Waals surface area contributed by atoms with Crippen molar-refractivity contribution in [2.75, 3.05) is 0 Å². The monoisotopic (exact) mass is 538 g/mol. The second-order valence-electron chi connectivity index (χ2n) is 9.74. The Balaban J connectivity index is 1.29. The van der Waals surface area contributed by atoms with Crippen LogP contribution in [-0.4, -0.2) is 45.5 Å². The largest absolute Gasteiger partial charge is 0.331 e. The molecule has 0 saturated carbocycles. The number of barbiturate groups is 2. The third-order valence-electron chi connectivity index (χ3n) is 6.95. The van der Waals surface area contributed by atoms with Crippen LogP contribution < -0.4 is 10.6 Å². The van der Waals surface area contributed by atoms with E-state index >= 15 is 0 Å². The van der Waals surface area contributed by atoms with Gasteiger partial charge in [-0.25, -0.2) is 9.59 Å². The lowest BCUT2D eigenvalue weighted by atomic mass is 9.95. The molecule has 2 N–H and O–H groups in total. The zero-order valence-electron chi connectivity index (χ0n) is 21.4. The summed E-state index contributed by atoms with van der Waals surface area (Å²) in [5.41, 5.74) is 2.72. The zero-order chi connectivity index (χ0) is 28.2. The molecule has 10 nitrogen and oxygen atoms in total. The van der Waals surface area contributed by atoms with Crippen LogP contribution in [0.2, 0.25) is 0 Å². The van der Waals surface area contributed by atoms with E-state index in [2.05, 4.69) is 10.6 Å². The average Bonchev–Trinajstić information content (AvgIpc) is 2.95. The van der Waals surface area contributed by atoms with Crippen molar-refractivity contribution in [3.8, 4) is 0 Å². The molecule has 10 heteroatoms. The maximum Gasteiger partial charge on any atom is 0.331 e. The maximum atomic E-state index is 13.2. The number of hydrogen-bond acceptors (Lipinski definition) is 6. The second-order valence-corrected chi connectivity index (χ2v) is 9.74. The minimum Gasteiger partial charge on any atom is -0.277 e. The summed E-state index contributed by atoms with van der Waals surface area (Å²) in [4.78, 5) is 78.3. The lowest BCUT2D eigenvalue weighted by Gasteiger charge is -2.31. The van der Waals surface area contributed by atoms with Gasteiger partial charge in [-0.15, -0.1) is 0 Å². The molecular formula is C30H26N4O6. The summed E-state index contributed by atoms with van der Waals surface area (Å²) in [5.74, 6) is -4.57. The fourth-order valence-corrected chi connectivity index (χ4v) is 4.87. The van der Waals surface area contributed by atoms with Gasteiger partial charge in [0.2, 0.25) is 23.6 Å². The highest BCUT2D eigenvalue weighted by Gasteiger charge is 2.41. The van der Waals surface area contributed by atoms with Crippen LogP contribution in [0.5, 0.6) is 0 Å². The lowest BCUT2D eigenvalue weighted by Crippen LogP contribution is -2.58. The molecule has 0 spiro atoms. The summed E-state index contributed by atoms with van der Waals surface area (Å²) < 4.78 is 0. The Hall–Kier alpha value is -5.12. The Morgan fingerprint density at radius 1 is 0.500 bits per heavy atom. The van der Waals surface area contributed by atoms with Crippen molar-refractivity contribution in [3.05, 3.63) is 107 Å². The first-order valence-corrected chi connectivity index (χ1v) is 12.8. The van der Waals surface area contributed by atoms with Crippen LogP contribution in [0.3, 0.4) is 0 Å². The average molecular weight is 539 g/mol. The molecule has 0 radical (unpaired) electrons. The molecule has 40 heavy (non-hydrogen) atoms. The minimum absolute atomic E-state index is 0.105. The first-order chi connectivity index (χ1) is 19.3. The number of nitrogens with one attached hydrogen (secondary N) is 2. The first kappa shape index (κ1) is 26.5. The SMILES string of the molecule is O=C1NC(=O)N(Cc2cccc(CN3C(=O)NC(=O)C(Cc4ccccc4)C3=O)c2)C(=O)C1Cc1ccccc1. The Bertz CT molecular complexity index is 1380. The molecule has 8 amide bonds. The smallest absolute Gasteiger partial charge is 0.277 e. The Morgan fingerprint density at radius 2 is 0.875 bits per heavy atom. The van der Waals surface area contributed by atoms with E-state index < -0.39 is 47.5 Å². The standard InChI is InChI=1S/C30H26N4O6/c35-25-23(15-19-8-3-1-4-9-19)27(37)33(29(39)31-25)17-21-12-7-13-22(14-21)18-34-28(38)24(26(36)32-30(34)40)16-20-10-5-2-6-11-20/h1-14,23-24H,15-18H2,(H,31,35,39)(H,32,36,40). The van der Waals surface area contributed by atoms with E-state index in [1.54, 1.807) is 48.5 Å². The molecule has 2 heterocycles. The van der Waals surface area contributed by atoms with Gasteiger partial charge in [0, 0.05) is 0 Å². The summed E-state index contributed by atoms with van der Waals surface area (Å²) in [7, 11) is 0. The van der Waals surface area contributed by atoms with Crippen molar-refractivity contribution in [1.82, 2.24) is 20.4 Å². The molecule has 2 atom stereocenters. The van der Waals surface area contributed by atoms with Crippen LogP contribution in [0.1, 0.15) is 22.3 Å². The van der Waals surface area contributed by atoms with Crippen LogP contribution in [0.25, 0.3) is 0 Å². The Kier molecular flexibility index (Phi) is 7.50. The highest BCUT2D eigenvalue weighted by Crippen LogP contribution is 2.22. The number of nitrogens with zero attached hydrogens (tertiary/aromatic N) is 2. The van der Waals surface area contributed by atoms with Gasteiger partial charge < -0.3 is 0 Å². The summed E-state index contributed by atoms with van der Waals surface area (Å²) in [5, 5.41) is 4.52. The topological polar surface area (TPSA) is 133 Å². The van der Waals surface area contributed by atoms with Gasteiger partial charge in [0.25, 0.3) is 0 Å². The van der Waals surface area contributed by atoms with Gasteiger partial charge in [0.15, 0.2) is 0 Å². The van der Waals surface area contributed by atoms with Crippen molar-refractivity contribution in [2.45, 2.75) is 25.9 Å². The minimum atomic E-state index is -1.04. The second kappa shape index (κ2) is 11.3. The third kappa shape index (κ3) is 5.65. The number of rotatable bonds is 8. The van der Waals surface area contributed by atoms with Gasteiger partial charge in [0.05, 0.1) is 13.1 Å². The Labute approximate surface area is 230 Å². The van der Waals surface area contributed by atoms with Crippen molar-refractivity contribution >= 4 is 35.7 Å². The van der Waals surface area contributed by atoms with E-state index in [0.717, 1.165) is 20.9 Å². The van der Waals surface area contributed by atoms with Gasteiger partial charge in [-0.05, 0) is 35.1 Å². The molecule has 3 aromatic carbocycles. The van der Waals surface area contributed by atoms with E-state index in [9.17, 15) is 28.8 Å².